The van der Waals surface area contributed by atoms with E-state index in [4.69, 9.17) is 9.72 Å². The SMILES string of the molecule is C[I-]n1ccc2c(-c3ccc(N4CCC(c5ccc(OCCN6CCN(C)C(=O)C6)cc5)CC4)nc3)cn(C)c(=O)c21. The number of ether oxygens (including phenoxy) is 1. The molecule has 4 aromatic rings. The van der Waals surface area contributed by atoms with Crippen LogP contribution in [-0.2, 0) is 11.8 Å². The van der Waals surface area contributed by atoms with E-state index in [0.29, 0.717) is 19.1 Å². The number of aryl methyl sites for hydroxylation is 1. The van der Waals surface area contributed by atoms with Crippen molar-refractivity contribution in [3.8, 4) is 16.9 Å². The topological polar surface area (TPSA) is 75.8 Å². The van der Waals surface area contributed by atoms with E-state index in [1.807, 2.05) is 32.7 Å². The maximum absolute atomic E-state index is 12.8. The second kappa shape index (κ2) is 12.5. The second-order valence-corrected chi connectivity index (χ2v) is 13.2. The van der Waals surface area contributed by atoms with Gasteiger partial charge in [0.1, 0.15) is 12.4 Å². The van der Waals surface area contributed by atoms with E-state index in [9.17, 15) is 9.59 Å². The van der Waals surface area contributed by atoms with Gasteiger partial charge >= 0.3 is 158 Å². The molecule has 9 nitrogen and oxygen atoms in total. The van der Waals surface area contributed by atoms with Gasteiger partial charge in [-0.15, -0.1) is 0 Å². The first-order valence-electron chi connectivity index (χ1n) is 14.5. The number of alkyl halides is 1. The van der Waals surface area contributed by atoms with Crippen molar-refractivity contribution in [3.05, 3.63) is 77.0 Å². The molecule has 0 bridgehead atoms. The number of piperidine rings is 1. The Morgan fingerprint density at radius 2 is 1.76 bits per heavy atom. The summed E-state index contributed by atoms with van der Waals surface area (Å²) < 4.78 is 9.77. The van der Waals surface area contributed by atoms with Crippen molar-refractivity contribution < 1.29 is 31.0 Å². The van der Waals surface area contributed by atoms with Gasteiger partial charge in [0, 0.05) is 26.7 Å². The van der Waals surface area contributed by atoms with Crippen LogP contribution in [0.4, 0.5) is 5.82 Å². The van der Waals surface area contributed by atoms with E-state index in [2.05, 4.69) is 60.0 Å². The van der Waals surface area contributed by atoms with Crippen LogP contribution in [0.25, 0.3) is 22.0 Å². The number of halogens is 1. The molecule has 2 aliphatic heterocycles. The predicted octanol–water partition coefficient (Wildman–Crippen LogP) is 0.421. The van der Waals surface area contributed by atoms with Crippen molar-refractivity contribution in [2.45, 2.75) is 18.8 Å². The van der Waals surface area contributed by atoms with Gasteiger partial charge in [0.15, 0.2) is 0 Å². The number of piperazine rings is 1. The molecule has 2 saturated heterocycles. The molecule has 0 unspecified atom stereocenters. The Bertz CT molecular complexity index is 1610. The number of pyridine rings is 2. The summed E-state index contributed by atoms with van der Waals surface area (Å²) in [6.45, 7) is 5.43. The van der Waals surface area contributed by atoms with Gasteiger partial charge in [0.05, 0.1) is 6.54 Å². The average Bonchev–Trinajstić information content (AvgIpc) is 3.46. The number of nitrogens with zero attached hydrogens (tertiary/aromatic N) is 6. The number of benzene rings is 1. The fourth-order valence-corrected chi connectivity index (χ4v) is 7.42. The molecule has 2 fully saturated rings. The van der Waals surface area contributed by atoms with Crippen LogP contribution in [0.2, 0.25) is 0 Å². The number of rotatable bonds is 8. The molecule has 0 atom stereocenters. The summed E-state index contributed by atoms with van der Waals surface area (Å²) in [5.74, 6) is 2.58. The van der Waals surface area contributed by atoms with Crippen LogP contribution < -0.4 is 36.7 Å². The second-order valence-electron chi connectivity index (χ2n) is 11.2. The molecule has 0 spiro atoms. The van der Waals surface area contributed by atoms with Gasteiger partial charge in [-0.25, -0.2) is 0 Å². The molecule has 222 valence electrons. The fourth-order valence-electron chi connectivity index (χ4n) is 5.99. The zero-order valence-corrected chi connectivity index (χ0v) is 26.7. The number of hydrogen-bond donors (Lipinski definition) is 0. The summed E-state index contributed by atoms with van der Waals surface area (Å²) in [7, 11) is 3.68. The van der Waals surface area contributed by atoms with E-state index in [0.717, 1.165) is 79.2 Å². The number of amides is 1. The van der Waals surface area contributed by atoms with E-state index in [1.165, 1.54) is 5.56 Å². The third kappa shape index (κ3) is 5.92. The molecular weight excluding hydrogens is 643 g/mol. The summed E-state index contributed by atoms with van der Waals surface area (Å²) in [5, 5.41) is 0.998. The van der Waals surface area contributed by atoms with Gasteiger partial charge in [-0.05, 0) is 17.7 Å². The van der Waals surface area contributed by atoms with Crippen LogP contribution in [0.3, 0.4) is 0 Å². The first-order chi connectivity index (χ1) is 20.4. The van der Waals surface area contributed by atoms with Crippen molar-refractivity contribution in [2.75, 3.05) is 62.8 Å². The summed E-state index contributed by atoms with van der Waals surface area (Å²) in [6.07, 6.45) is 8.07. The molecular formula is C32H38IN6O3-. The molecule has 0 saturated carbocycles. The molecule has 0 aliphatic carbocycles. The number of likely N-dealkylation sites (N-methyl/N-ethyl adjacent to an activating group) is 1. The maximum atomic E-state index is 12.8. The minimum absolute atomic E-state index is 0.0508. The molecule has 1 aromatic carbocycles. The fraction of sp³-hybridized carbons (Fsp3) is 0.406. The first-order valence-corrected chi connectivity index (χ1v) is 17.6. The van der Waals surface area contributed by atoms with Crippen molar-refractivity contribution in [3.63, 3.8) is 0 Å². The first kappa shape index (κ1) is 28.7. The van der Waals surface area contributed by atoms with Gasteiger partial charge in [0.2, 0.25) is 5.91 Å². The minimum atomic E-state index is -0.250. The van der Waals surface area contributed by atoms with Crippen molar-refractivity contribution in [2.24, 2.45) is 7.05 Å². The Kier molecular flexibility index (Phi) is 8.53. The van der Waals surface area contributed by atoms with E-state index in [-0.39, 0.29) is 32.9 Å². The van der Waals surface area contributed by atoms with Crippen LogP contribution in [0.15, 0.2) is 65.8 Å². The van der Waals surface area contributed by atoms with Crippen molar-refractivity contribution in [1.29, 1.82) is 0 Å². The zero-order chi connectivity index (χ0) is 29.2. The Balaban J connectivity index is 1.03. The van der Waals surface area contributed by atoms with Crippen LogP contribution >= 0.6 is 0 Å². The Morgan fingerprint density at radius 3 is 2.45 bits per heavy atom. The average molecular weight is 682 g/mol. The van der Waals surface area contributed by atoms with Crippen LogP contribution in [-0.4, -0.2) is 85.9 Å². The predicted molar refractivity (Wildman–Crippen MR) is 162 cm³/mol. The zero-order valence-electron chi connectivity index (χ0n) is 24.5. The molecule has 0 radical (unpaired) electrons. The van der Waals surface area contributed by atoms with Gasteiger partial charge in [0.25, 0.3) is 0 Å². The van der Waals surface area contributed by atoms with Crippen molar-refractivity contribution >= 4 is 22.6 Å². The standard InChI is InChI=1S/C32H38IN6O3/c1-33-39-15-12-27-28(21-36(3)32(41)31(27)39)25-6-9-29(34-20-25)38-13-10-24(11-14-38)23-4-7-26(8-5-23)42-19-18-37-17-16-35(2)30(40)22-37/h4-9,12,15,20-21,24H,10-11,13-14,16-19,22H2,1-3H3/q-1. The third-order valence-corrected chi connectivity index (χ3v) is 10.4. The van der Waals surface area contributed by atoms with E-state index < -0.39 is 0 Å². The number of hydrogen-bond acceptors (Lipinski definition) is 6. The van der Waals surface area contributed by atoms with E-state index >= 15 is 0 Å². The van der Waals surface area contributed by atoms with E-state index in [1.54, 1.807) is 9.47 Å². The number of anilines is 1. The quantitative estimate of drug-likeness (QED) is 0.199. The van der Waals surface area contributed by atoms with Gasteiger partial charge in [-0.2, -0.15) is 0 Å². The Hall–Kier alpha value is -3.38. The summed E-state index contributed by atoms with van der Waals surface area (Å²) in [4.78, 5) is 38.0. The van der Waals surface area contributed by atoms with Gasteiger partial charge in [-0.3, -0.25) is 9.69 Å². The number of carbonyl (C=O) groups excluding carboxylic acids is 1. The summed E-state index contributed by atoms with van der Waals surface area (Å²) in [5.41, 5.74) is 4.27. The molecule has 2 aliphatic rings. The van der Waals surface area contributed by atoms with Crippen molar-refractivity contribution in [1.82, 2.24) is 22.1 Å². The molecule has 3 aromatic heterocycles. The molecule has 0 N–H and O–H groups in total. The number of aromatic nitrogens is 3. The monoisotopic (exact) mass is 681 g/mol. The molecule has 1 amide bonds. The summed E-state index contributed by atoms with van der Waals surface area (Å²) in [6, 6.07) is 14.8. The Morgan fingerprint density at radius 1 is 0.976 bits per heavy atom. The Labute approximate surface area is 257 Å². The van der Waals surface area contributed by atoms with Gasteiger partial charge in [-0.1, -0.05) is 12.1 Å². The third-order valence-electron chi connectivity index (χ3n) is 8.60. The molecule has 6 rings (SSSR count). The van der Waals surface area contributed by atoms with Crippen LogP contribution in [0.5, 0.6) is 5.75 Å². The van der Waals surface area contributed by atoms with Gasteiger partial charge < -0.3 is 9.64 Å². The number of carbonyl (C=O) groups is 1. The molecule has 42 heavy (non-hydrogen) atoms. The van der Waals surface area contributed by atoms with Crippen LogP contribution in [0, 0.1) is 0 Å². The molecule has 10 heteroatoms. The summed E-state index contributed by atoms with van der Waals surface area (Å²) >= 11 is -0.250. The normalized spacial score (nSPS) is 17.0. The van der Waals surface area contributed by atoms with Crippen LogP contribution in [0.1, 0.15) is 24.3 Å². The molecule has 5 heterocycles. The number of fused-ring (bicyclic) bond motifs is 1.